The van der Waals surface area contributed by atoms with Crippen LogP contribution in [-0.4, -0.2) is 42.4 Å². The summed E-state index contributed by atoms with van der Waals surface area (Å²) in [6, 6.07) is 6.64. The molecule has 18 heavy (non-hydrogen) atoms. The molecule has 1 saturated heterocycles. The van der Waals surface area contributed by atoms with Crippen LogP contribution in [0.3, 0.4) is 0 Å². The van der Waals surface area contributed by atoms with E-state index in [0.717, 1.165) is 30.9 Å². The average Bonchev–Trinajstić information content (AvgIpc) is 2.35. The molecule has 0 radical (unpaired) electrons. The number of aryl methyl sites for hydroxylation is 2. The smallest absolute Gasteiger partial charge is 0.0919 e. The lowest BCUT2D eigenvalue weighted by molar-refractivity contribution is -0.0204. The molecule has 1 aromatic rings. The van der Waals surface area contributed by atoms with Gasteiger partial charge in [0, 0.05) is 19.1 Å². The molecule has 0 spiro atoms. The number of hydrogen-bond donors (Lipinski definition) is 1. The van der Waals surface area contributed by atoms with Crippen LogP contribution < -0.4 is 0 Å². The highest BCUT2D eigenvalue weighted by atomic mass is 16.5. The average molecular weight is 249 g/mol. The molecule has 1 heterocycles. The minimum absolute atomic E-state index is 0.388. The van der Waals surface area contributed by atoms with Gasteiger partial charge in [0.15, 0.2) is 0 Å². The number of morpholine rings is 1. The zero-order valence-corrected chi connectivity index (χ0v) is 11.5. The topological polar surface area (TPSA) is 32.7 Å². The summed E-state index contributed by atoms with van der Waals surface area (Å²) in [4.78, 5) is 2.30. The lowest BCUT2D eigenvalue weighted by Crippen LogP contribution is -2.45. The third-order valence-electron chi connectivity index (χ3n) is 3.71. The van der Waals surface area contributed by atoms with Crippen molar-refractivity contribution in [3.05, 3.63) is 34.9 Å². The zero-order valence-electron chi connectivity index (χ0n) is 11.5. The minimum Gasteiger partial charge on any atom is -0.387 e. The second-order valence-corrected chi connectivity index (χ2v) is 5.29. The Hall–Kier alpha value is -0.900. The van der Waals surface area contributed by atoms with E-state index >= 15 is 0 Å². The zero-order chi connectivity index (χ0) is 13.1. The number of ether oxygens (including phenoxy) is 1. The fourth-order valence-electron chi connectivity index (χ4n) is 2.47. The van der Waals surface area contributed by atoms with E-state index in [1.165, 1.54) is 5.56 Å². The Kier molecular flexibility index (Phi) is 4.38. The summed E-state index contributed by atoms with van der Waals surface area (Å²) in [5.74, 6) is 0. The van der Waals surface area contributed by atoms with Gasteiger partial charge in [0.05, 0.1) is 19.3 Å². The fraction of sp³-hybridized carbons (Fsp3) is 0.600. The van der Waals surface area contributed by atoms with Crippen molar-refractivity contribution in [1.29, 1.82) is 0 Å². The number of benzene rings is 1. The molecule has 1 aliphatic heterocycles. The largest absolute Gasteiger partial charge is 0.387 e. The van der Waals surface area contributed by atoms with Crippen molar-refractivity contribution in [3.8, 4) is 0 Å². The number of aliphatic hydroxyl groups is 1. The number of nitrogens with zero attached hydrogens (tertiary/aromatic N) is 1. The van der Waals surface area contributed by atoms with Gasteiger partial charge in [0.2, 0.25) is 0 Å². The molecular formula is C15H23NO2. The highest BCUT2D eigenvalue weighted by molar-refractivity contribution is 5.32. The van der Waals surface area contributed by atoms with Crippen LogP contribution in [0.1, 0.15) is 29.7 Å². The standard InChI is InChI=1S/C15H23NO2/c1-11-4-5-12(2)14(8-11)15(17)9-16-6-7-18-10-13(16)3/h4-5,8,13,15,17H,6-7,9-10H2,1-3H3. The van der Waals surface area contributed by atoms with E-state index < -0.39 is 6.10 Å². The Morgan fingerprint density at radius 1 is 1.44 bits per heavy atom. The predicted molar refractivity (Wildman–Crippen MR) is 72.7 cm³/mol. The lowest BCUT2D eigenvalue weighted by Gasteiger charge is -2.34. The van der Waals surface area contributed by atoms with Gasteiger partial charge >= 0.3 is 0 Å². The van der Waals surface area contributed by atoms with E-state index in [9.17, 15) is 5.11 Å². The second kappa shape index (κ2) is 5.83. The van der Waals surface area contributed by atoms with Crippen molar-refractivity contribution in [1.82, 2.24) is 4.90 Å². The highest BCUT2D eigenvalue weighted by Gasteiger charge is 2.22. The van der Waals surface area contributed by atoms with Crippen molar-refractivity contribution < 1.29 is 9.84 Å². The monoisotopic (exact) mass is 249 g/mol. The molecule has 1 aliphatic rings. The number of aliphatic hydroxyl groups excluding tert-OH is 1. The summed E-state index contributed by atoms with van der Waals surface area (Å²) < 4.78 is 5.42. The Morgan fingerprint density at radius 3 is 2.94 bits per heavy atom. The molecule has 2 rings (SSSR count). The third-order valence-corrected chi connectivity index (χ3v) is 3.71. The summed E-state index contributed by atoms with van der Waals surface area (Å²) in [5, 5.41) is 10.4. The van der Waals surface area contributed by atoms with Crippen molar-refractivity contribution in [2.24, 2.45) is 0 Å². The van der Waals surface area contributed by atoms with E-state index in [2.05, 4.69) is 43.9 Å². The summed E-state index contributed by atoms with van der Waals surface area (Å²) in [6.45, 7) is 9.39. The molecule has 0 amide bonds. The van der Waals surface area contributed by atoms with Crippen LogP contribution in [0.25, 0.3) is 0 Å². The Morgan fingerprint density at radius 2 is 2.22 bits per heavy atom. The summed E-state index contributed by atoms with van der Waals surface area (Å²) >= 11 is 0. The first-order valence-electron chi connectivity index (χ1n) is 6.65. The van der Waals surface area contributed by atoms with Crippen LogP contribution in [0.5, 0.6) is 0 Å². The highest BCUT2D eigenvalue weighted by Crippen LogP contribution is 2.21. The van der Waals surface area contributed by atoms with Gasteiger partial charge in [-0.25, -0.2) is 0 Å². The maximum Gasteiger partial charge on any atom is 0.0919 e. The molecule has 0 aliphatic carbocycles. The second-order valence-electron chi connectivity index (χ2n) is 5.29. The molecule has 0 saturated carbocycles. The SMILES string of the molecule is Cc1ccc(C)c(C(O)CN2CCOCC2C)c1. The molecule has 1 N–H and O–H groups in total. The van der Waals surface area contributed by atoms with E-state index in [0.29, 0.717) is 12.6 Å². The van der Waals surface area contributed by atoms with E-state index in [-0.39, 0.29) is 0 Å². The van der Waals surface area contributed by atoms with Crippen molar-refractivity contribution in [2.75, 3.05) is 26.3 Å². The molecular weight excluding hydrogens is 226 g/mol. The molecule has 100 valence electrons. The van der Waals surface area contributed by atoms with Crippen molar-refractivity contribution >= 4 is 0 Å². The van der Waals surface area contributed by atoms with Crippen LogP contribution >= 0.6 is 0 Å². The molecule has 0 bridgehead atoms. The molecule has 1 fully saturated rings. The van der Waals surface area contributed by atoms with Gasteiger partial charge in [-0.2, -0.15) is 0 Å². The number of β-amino-alcohol motifs (C(OH)–C–C–N with tert-alkyl or cyclic N) is 1. The molecule has 0 aromatic heterocycles. The lowest BCUT2D eigenvalue weighted by atomic mass is 10.00. The number of rotatable bonds is 3. The minimum atomic E-state index is -0.412. The quantitative estimate of drug-likeness (QED) is 0.890. The van der Waals surface area contributed by atoms with Gasteiger partial charge in [-0.05, 0) is 31.9 Å². The first kappa shape index (κ1) is 13.5. The molecule has 3 heteroatoms. The van der Waals surface area contributed by atoms with Crippen LogP contribution in [0.2, 0.25) is 0 Å². The van der Waals surface area contributed by atoms with Crippen LogP contribution in [-0.2, 0) is 4.74 Å². The van der Waals surface area contributed by atoms with E-state index in [1.54, 1.807) is 0 Å². The maximum atomic E-state index is 10.4. The first-order valence-corrected chi connectivity index (χ1v) is 6.65. The van der Waals surface area contributed by atoms with Gasteiger partial charge in [-0.1, -0.05) is 23.8 Å². The summed E-state index contributed by atoms with van der Waals surface area (Å²) in [7, 11) is 0. The maximum absolute atomic E-state index is 10.4. The Balaban J connectivity index is 2.06. The van der Waals surface area contributed by atoms with Crippen molar-refractivity contribution in [3.63, 3.8) is 0 Å². The fourth-order valence-corrected chi connectivity index (χ4v) is 2.47. The third kappa shape index (κ3) is 3.10. The molecule has 2 unspecified atom stereocenters. The van der Waals surface area contributed by atoms with Crippen LogP contribution in [0.15, 0.2) is 18.2 Å². The van der Waals surface area contributed by atoms with Gasteiger partial charge in [0.25, 0.3) is 0 Å². The normalized spacial score (nSPS) is 23.0. The van der Waals surface area contributed by atoms with Crippen LogP contribution in [0, 0.1) is 13.8 Å². The number of hydrogen-bond acceptors (Lipinski definition) is 3. The predicted octanol–water partition coefficient (Wildman–Crippen LogP) is 2.06. The Labute approximate surface area is 109 Å². The van der Waals surface area contributed by atoms with E-state index in [1.807, 2.05) is 0 Å². The van der Waals surface area contributed by atoms with Gasteiger partial charge in [-0.3, -0.25) is 4.90 Å². The Bertz CT molecular complexity index is 405. The summed E-state index contributed by atoms with van der Waals surface area (Å²) in [5.41, 5.74) is 3.41. The van der Waals surface area contributed by atoms with Gasteiger partial charge in [-0.15, -0.1) is 0 Å². The molecule has 1 aromatic carbocycles. The molecule has 3 nitrogen and oxygen atoms in total. The van der Waals surface area contributed by atoms with Crippen molar-refractivity contribution in [2.45, 2.75) is 32.9 Å². The van der Waals surface area contributed by atoms with Gasteiger partial charge in [0.1, 0.15) is 0 Å². The molecule has 2 atom stereocenters. The van der Waals surface area contributed by atoms with E-state index in [4.69, 9.17) is 4.74 Å². The van der Waals surface area contributed by atoms with Crippen LogP contribution in [0.4, 0.5) is 0 Å². The van der Waals surface area contributed by atoms with Gasteiger partial charge < -0.3 is 9.84 Å². The first-order chi connectivity index (χ1) is 8.58. The summed E-state index contributed by atoms with van der Waals surface area (Å²) in [6.07, 6.45) is -0.412.